The monoisotopic (exact) mass is 237 g/mol. The van der Waals surface area contributed by atoms with E-state index in [1.54, 1.807) is 27.5 Å². The summed E-state index contributed by atoms with van der Waals surface area (Å²) in [5.74, 6) is 1.46. The van der Waals surface area contributed by atoms with Crippen molar-refractivity contribution in [3.8, 4) is 11.5 Å². The van der Waals surface area contributed by atoms with Gasteiger partial charge in [0.05, 0.1) is 14.2 Å². The molecule has 1 aromatic rings. The van der Waals surface area contributed by atoms with Crippen LogP contribution in [0.2, 0.25) is 0 Å². The Labute approximate surface area is 102 Å². The van der Waals surface area contributed by atoms with Crippen LogP contribution in [-0.4, -0.2) is 33.0 Å². The van der Waals surface area contributed by atoms with Crippen molar-refractivity contribution >= 4 is 0 Å². The summed E-state index contributed by atoms with van der Waals surface area (Å²) >= 11 is 0. The Morgan fingerprint density at radius 2 is 1.88 bits per heavy atom. The molecule has 0 fully saturated rings. The van der Waals surface area contributed by atoms with Gasteiger partial charge >= 0.3 is 0 Å². The lowest BCUT2D eigenvalue weighted by Crippen LogP contribution is -2.18. The summed E-state index contributed by atoms with van der Waals surface area (Å²) in [5.41, 5.74) is 1.11. The van der Waals surface area contributed by atoms with E-state index in [1.807, 2.05) is 23.1 Å². The third kappa shape index (κ3) is 3.67. The molecule has 0 atom stereocenters. The van der Waals surface area contributed by atoms with Gasteiger partial charge in [0.1, 0.15) is 6.73 Å². The minimum atomic E-state index is 0.512. The highest BCUT2D eigenvalue weighted by molar-refractivity contribution is 5.42. The normalized spacial score (nSPS) is 9.82. The fourth-order valence-corrected chi connectivity index (χ4v) is 1.54. The third-order valence-electron chi connectivity index (χ3n) is 2.39. The predicted octanol–water partition coefficient (Wildman–Crippen LogP) is 2.25. The summed E-state index contributed by atoms with van der Waals surface area (Å²) in [4.78, 5) is 1.96. The molecule has 0 radical (unpaired) electrons. The van der Waals surface area contributed by atoms with Crippen LogP contribution >= 0.6 is 0 Å². The predicted molar refractivity (Wildman–Crippen MR) is 67.2 cm³/mol. The Morgan fingerprint density at radius 1 is 1.18 bits per heavy atom. The minimum Gasteiger partial charge on any atom is -0.493 e. The summed E-state index contributed by atoms with van der Waals surface area (Å²) in [5, 5.41) is 0. The van der Waals surface area contributed by atoms with Crippen LogP contribution in [0, 0.1) is 0 Å². The maximum atomic E-state index is 5.25. The van der Waals surface area contributed by atoms with Gasteiger partial charge in [-0.05, 0) is 23.9 Å². The number of rotatable bonds is 7. The van der Waals surface area contributed by atoms with Gasteiger partial charge in [0.15, 0.2) is 11.5 Å². The highest BCUT2D eigenvalue weighted by atomic mass is 16.5. The van der Waals surface area contributed by atoms with E-state index in [2.05, 4.69) is 6.58 Å². The zero-order chi connectivity index (χ0) is 12.7. The third-order valence-corrected chi connectivity index (χ3v) is 2.39. The van der Waals surface area contributed by atoms with E-state index >= 15 is 0 Å². The van der Waals surface area contributed by atoms with Crippen LogP contribution in [-0.2, 0) is 11.3 Å². The molecule has 94 valence electrons. The Morgan fingerprint density at radius 3 is 2.41 bits per heavy atom. The van der Waals surface area contributed by atoms with E-state index in [1.165, 1.54) is 0 Å². The maximum absolute atomic E-state index is 5.25. The minimum absolute atomic E-state index is 0.512. The summed E-state index contributed by atoms with van der Waals surface area (Å²) < 4.78 is 15.5. The Bertz CT molecular complexity index is 366. The van der Waals surface area contributed by atoms with Gasteiger partial charge < -0.3 is 19.1 Å². The van der Waals surface area contributed by atoms with Crippen LogP contribution in [0.25, 0.3) is 0 Å². The Kier molecular flexibility index (Phi) is 5.36. The van der Waals surface area contributed by atoms with E-state index in [4.69, 9.17) is 14.2 Å². The van der Waals surface area contributed by atoms with Crippen LogP contribution in [0.4, 0.5) is 0 Å². The van der Waals surface area contributed by atoms with E-state index in [-0.39, 0.29) is 0 Å². The molecule has 0 aliphatic rings. The lowest BCUT2D eigenvalue weighted by Gasteiger charge is -2.19. The smallest absolute Gasteiger partial charge is 0.161 e. The molecule has 0 bridgehead atoms. The first kappa shape index (κ1) is 13.4. The molecule has 0 aliphatic heterocycles. The molecule has 0 aromatic heterocycles. The van der Waals surface area contributed by atoms with Crippen molar-refractivity contribution in [1.82, 2.24) is 4.90 Å². The summed E-state index contributed by atoms with van der Waals surface area (Å²) in [6.45, 7) is 4.97. The highest BCUT2D eigenvalue weighted by Gasteiger charge is 2.06. The van der Waals surface area contributed by atoms with Crippen LogP contribution in [0.3, 0.4) is 0 Å². The molecule has 0 unspecified atom stereocenters. The van der Waals surface area contributed by atoms with Gasteiger partial charge in [0.25, 0.3) is 0 Å². The molecule has 17 heavy (non-hydrogen) atoms. The van der Waals surface area contributed by atoms with E-state index in [9.17, 15) is 0 Å². The molecule has 0 aliphatic carbocycles. The second kappa shape index (κ2) is 6.81. The average molecular weight is 237 g/mol. The zero-order valence-corrected chi connectivity index (χ0v) is 10.6. The fourth-order valence-electron chi connectivity index (χ4n) is 1.54. The van der Waals surface area contributed by atoms with Gasteiger partial charge in [0.2, 0.25) is 0 Å². The van der Waals surface area contributed by atoms with Crippen molar-refractivity contribution in [2.24, 2.45) is 0 Å². The molecule has 0 spiro atoms. The number of hydrogen-bond donors (Lipinski definition) is 0. The molecular formula is C13H19NO3. The van der Waals surface area contributed by atoms with Gasteiger partial charge in [-0.2, -0.15) is 0 Å². The fraction of sp³-hybridized carbons (Fsp3) is 0.385. The van der Waals surface area contributed by atoms with E-state index in [0.717, 1.165) is 23.6 Å². The van der Waals surface area contributed by atoms with E-state index < -0.39 is 0 Å². The zero-order valence-electron chi connectivity index (χ0n) is 10.6. The molecule has 0 saturated carbocycles. The SMILES string of the molecule is C=CN(COC)Cc1ccc(OC)c(OC)c1. The number of methoxy groups -OCH3 is 3. The lowest BCUT2D eigenvalue weighted by atomic mass is 10.2. The number of ether oxygens (including phenoxy) is 3. The summed E-state index contributed by atoms with van der Waals surface area (Å²) in [7, 11) is 4.91. The topological polar surface area (TPSA) is 30.9 Å². The van der Waals surface area contributed by atoms with Crippen molar-refractivity contribution in [1.29, 1.82) is 0 Å². The molecule has 4 heteroatoms. The van der Waals surface area contributed by atoms with Crippen LogP contribution < -0.4 is 9.47 Å². The van der Waals surface area contributed by atoms with E-state index in [0.29, 0.717) is 6.73 Å². The van der Waals surface area contributed by atoms with Crippen LogP contribution in [0.1, 0.15) is 5.56 Å². The second-order valence-electron chi connectivity index (χ2n) is 3.54. The largest absolute Gasteiger partial charge is 0.493 e. The summed E-state index contributed by atoms with van der Waals surface area (Å²) in [6.07, 6.45) is 1.75. The molecule has 0 amide bonds. The first-order valence-electron chi connectivity index (χ1n) is 5.31. The molecule has 4 nitrogen and oxygen atoms in total. The van der Waals surface area contributed by atoms with Crippen LogP contribution in [0.15, 0.2) is 31.0 Å². The van der Waals surface area contributed by atoms with Crippen molar-refractivity contribution < 1.29 is 14.2 Å². The highest BCUT2D eigenvalue weighted by Crippen LogP contribution is 2.27. The molecule has 0 N–H and O–H groups in total. The van der Waals surface area contributed by atoms with Gasteiger partial charge in [-0.25, -0.2) is 0 Å². The molecule has 0 heterocycles. The van der Waals surface area contributed by atoms with Crippen molar-refractivity contribution in [2.75, 3.05) is 28.1 Å². The molecule has 0 saturated heterocycles. The average Bonchev–Trinajstić information content (AvgIpc) is 2.38. The van der Waals surface area contributed by atoms with Gasteiger partial charge in [-0.3, -0.25) is 0 Å². The Balaban J connectivity index is 2.80. The quantitative estimate of drug-likeness (QED) is 0.681. The summed E-state index contributed by atoms with van der Waals surface area (Å²) in [6, 6.07) is 5.83. The van der Waals surface area contributed by atoms with Crippen molar-refractivity contribution in [2.45, 2.75) is 6.54 Å². The standard InChI is InChI=1S/C13H19NO3/c1-5-14(10-15-2)9-11-6-7-12(16-3)13(8-11)17-4/h5-8H,1,9-10H2,2-4H3. The number of nitrogens with zero attached hydrogens (tertiary/aromatic N) is 1. The first-order valence-corrected chi connectivity index (χ1v) is 5.31. The van der Waals surface area contributed by atoms with Gasteiger partial charge in [-0.1, -0.05) is 12.6 Å². The van der Waals surface area contributed by atoms with Crippen molar-refractivity contribution in [3.63, 3.8) is 0 Å². The van der Waals surface area contributed by atoms with Crippen LogP contribution in [0.5, 0.6) is 11.5 Å². The lowest BCUT2D eigenvalue weighted by molar-refractivity contribution is 0.0917. The molecule has 1 aromatic carbocycles. The number of hydrogen-bond acceptors (Lipinski definition) is 4. The Hall–Kier alpha value is -1.68. The molecule has 1 rings (SSSR count). The first-order chi connectivity index (χ1) is 8.24. The maximum Gasteiger partial charge on any atom is 0.161 e. The second-order valence-corrected chi connectivity index (χ2v) is 3.54. The van der Waals surface area contributed by atoms with Crippen molar-refractivity contribution in [3.05, 3.63) is 36.5 Å². The number of benzene rings is 1. The molecular weight excluding hydrogens is 218 g/mol. The van der Waals surface area contributed by atoms with Gasteiger partial charge in [0, 0.05) is 13.7 Å². The van der Waals surface area contributed by atoms with Gasteiger partial charge in [-0.15, -0.1) is 0 Å².